The zero-order chi connectivity index (χ0) is 13.8. The van der Waals surface area contributed by atoms with Gasteiger partial charge in [-0.15, -0.1) is 0 Å². The van der Waals surface area contributed by atoms with Gasteiger partial charge in [0.25, 0.3) is 0 Å². The molecule has 1 N–H and O–H groups in total. The maximum absolute atomic E-state index is 9.27. The van der Waals surface area contributed by atoms with E-state index in [0.717, 1.165) is 24.1 Å². The highest BCUT2D eigenvalue weighted by atomic mass is 16.3. The molecule has 3 rings (SSSR count). The predicted octanol–water partition coefficient (Wildman–Crippen LogP) is 3.08. The van der Waals surface area contributed by atoms with Crippen LogP contribution in [-0.2, 0) is 0 Å². The van der Waals surface area contributed by atoms with E-state index in [1.807, 2.05) is 18.3 Å². The van der Waals surface area contributed by atoms with Gasteiger partial charge in [-0.3, -0.25) is 4.99 Å². The second kappa shape index (κ2) is 6.40. The summed E-state index contributed by atoms with van der Waals surface area (Å²) in [6, 6.07) is 8.02. The number of fused-ring (bicyclic) bond motifs is 1. The summed E-state index contributed by atoms with van der Waals surface area (Å²) < 4.78 is 0. The number of nitrogens with zero attached hydrogens (tertiary/aromatic N) is 2. The van der Waals surface area contributed by atoms with Crippen molar-refractivity contribution in [2.45, 2.75) is 38.1 Å². The first kappa shape index (κ1) is 13.6. The van der Waals surface area contributed by atoms with Gasteiger partial charge in [-0.1, -0.05) is 6.42 Å². The largest absolute Gasteiger partial charge is 0.508 e. The number of hydrogen-bond donors (Lipinski definition) is 1. The molecule has 0 aliphatic carbocycles. The molecule has 108 valence electrons. The van der Waals surface area contributed by atoms with E-state index in [9.17, 15) is 5.11 Å². The molecule has 2 heterocycles. The average Bonchev–Trinajstić information content (AvgIpc) is 2.49. The molecule has 1 aromatic carbocycles. The molecule has 1 aromatic rings. The maximum Gasteiger partial charge on any atom is 0.115 e. The SMILES string of the molecule is Oc1ccc(C=NC[C@@H]2CCCN3CCCC[C@H]23)cc1. The van der Waals surface area contributed by atoms with Crippen LogP contribution in [0.25, 0.3) is 0 Å². The Morgan fingerprint density at radius 1 is 1.10 bits per heavy atom. The number of benzene rings is 1. The lowest BCUT2D eigenvalue weighted by atomic mass is 9.83. The number of aromatic hydroxyl groups is 1. The highest BCUT2D eigenvalue weighted by Crippen LogP contribution is 2.30. The lowest BCUT2D eigenvalue weighted by Gasteiger charge is -2.43. The van der Waals surface area contributed by atoms with Crippen molar-refractivity contribution in [1.29, 1.82) is 0 Å². The number of phenols is 1. The van der Waals surface area contributed by atoms with E-state index < -0.39 is 0 Å². The van der Waals surface area contributed by atoms with Gasteiger partial charge in [-0.25, -0.2) is 0 Å². The monoisotopic (exact) mass is 272 g/mol. The summed E-state index contributed by atoms with van der Waals surface area (Å²) in [5, 5.41) is 9.27. The summed E-state index contributed by atoms with van der Waals surface area (Å²) in [5.74, 6) is 1.05. The second-order valence-electron chi connectivity index (χ2n) is 6.09. The van der Waals surface area contributed by atoms with Gasteiger partial charge in [0.2, 0.25) is 0 Å². The molecule has 2 atom stereocenters. The third kappa shape index (κ3) is 3.21. The van der Waals surface area contributed by atoms with Crippen molar-refractivity contribution in [2.24, 2.45) is 10.9 Å². The molecule has 3 heteroatoms. The number of rotatable bonds is 3. The molecule has 0 spiro atoms. The Balaban J connectivity index is 1.58. The molecule has 0 amide bonds. The fourth-order valence-electron chi connectivity index (χ4n) is 3.64. The van der Waals surface area contributed by atoms with E-state index in [1.54, 1.807) is 12.1 Å². The maximum atomic E-state index is 9.27. The Morgan fingerprint density at radius 3 is 2.75 bits per heavy atom. The Labute approximate surface area is 121 Å². The molecule has 2 aliphatic rings. The highest BCUT2D eigenvalue weighted by Gasteiger charge is 2.32. The summed E-state index contributed by atoms with van der Waals surface area (Å²) in [4.78, 5) is 7.34. The lowest BCUT2D eigenvalue weighted by Crippen LogP contribution is -2.48. The molecular formula is C17H24N2O. The first-order chi connectivity index (χ1) is 9.83. The molecule has 0 radical (unpaired) electrons. The van der Waals surface area contributed by atoms with Crippen molar-refractivity contribution in [3.05, 3.63) is 29.8 Å². The van der Waals surface area contributed by atoms with Crippen molar-refractivity contribution in [1.82, 2.24) is 4.90 Å². The van der Waals surface area contributed by atoms with Crippen LogP contribution in [0.15, 0.2) is 29.3 Å². The smallest absolute Gasteiger partial charge is 0.115 e. The van der Waals surface area contributed by atoms with Gasteiger partial charge in [0.15, 0.2) is 0 Å². The van der Waals surface area contributed by atoms with E-state index in [0.29, 0.717) is 5.75 Å². The minimum absolute atomic E-state index is 0.312. The number of hydrogen-bond acceptors (Lipinski definition) is 3. The topological polar surface area (TPSA) is 35.8 Å². The van der Waals surface area contributed by atoms with Gasteiger partial charge in [0, 0.05) is 18.8 Å². The lowest BCUT2D eigenvalue weighted by molar-refractivity contribution is 0.0635. The van der Waals surface area contributed by atoms with Crippen LogP contribution in [0.1, 0.15) is 37.7 Å². The van der Waals surface area contributed by atoms with Gasteiger partial charge < -0.3 is 10.0 Å². The van der Waals surface area contributed by atoms with E-state index >= 15 is 0 Å². The Morgan fingerprint density at radius 2 is 1.90 bits per heavy atom. The van der Waals surface area contributed by atoms with Crippen molar-refractivity contribution < 1.29 is 5.11 Å². The zero-order valence-corrected chi connectivity index (χ0v) is 12.0. The molecule has 2 aliphatic heterocycles. The highest BCUT2D eigenvalue weighted by molar-refractivity contribution is 5.79. The predicted molar refractivity (Wildman–Crippen MR) is 82.5 cm³/mol. The third-order valence-corrected chi connectivity index (χ3v) is 4.70. The van der Waals surface area contributed by atoms with Crippen molar-refractivity contribution in [2.75, 3.05) is 19.6 Å². The minimum Gasteiger partial charge on any atom is -0.508 e. The second-order valence-corrected chi connectivity index (χ2v) is 6.09. The number of phenolic OH excluding ortho intramolecular Hbond substituents is 1. The van der Waals surface area contributed by atoms with Crippen LogP contribution in [0.5, 0.6) is 5.75 Å². The van der Waals surface area contributed by atoms with Crippen molar-refractivity contribution in [3.63, 3.8) is 0 Å². The summed E-state index contributed by atoms with van der Waals surface area (Å²) in [5.41, 5.74) is 1.07. The average molecular weight is 272 g/mol. The molecule has 2 fully saturated rings. The molecule has 0 aromatic heterocycles. The summed E-state index contributed by atoms with van der Waals surface area (Å²) in [7, 11) is 0. The van der Waals surface area contributed by atoms with Gasteiger partial charge in [-0.2, -0.15) is 0 Å². The van der Waals surface area contributed by atoms with Crippen LogP contribution in [0, 0.1) is 5.92 Å². The van der Waals surface area contributed by atoms with E-state index in [1.165, 1.54) is 45.2 Å². The summed E-state index contributed by atoms with van der Waals surface area (Å²) >= 11 is 0. The molecule has 3 nitrogen and oxygen atoms in total. The Bertz CT molecular complexity index is 453. The minimum atomic E-state index is 0.312. The Hall–Kier alpha value is -1.35. The van der Waals surface area contributed by atoms with Crippen LogP contribution < -0.4 is 0 Å². The van der Waals surface area contributed by atoms with Gasteiger partial charge in [-0.05, 0) is 74.5 Å². The van der Waals surface area contributed by atoms with E-state index in [2.05, 4.69) is 9.89 Å². The van der Waals surface area contributed by atoms with Gasteiger partial charge in [0.1, 0.15) is 5.75 Å². The molecular weight excluding hydrogens is 248 g/mol. The van der Waals surface area contributed by atoms with Crippen LogP contribution in [0.3, 0.4) is 0 Å². The Kier molecular flexibility index (Phi) is 4.36. The van der Waals surface area contributed by atoms with Crippen LogP contribution in [-0.4, -0.2) is 41.9 Å². The first-order valence-corrected chi connectivity index (χ1v) is 7.86. The third-order valence-electron chi connectivity index (χ3n) is 4.70. The fourth-order valence-corrected chi connectivity index (χ4v) is 3.64. The van der Waals surface area contributed by atoms with Crippen LogP contribution >= 0.6 is 0 Å². The standard InChI is InChI=1S/C17H24N2O/c20-16-8-6-14(7-9-16)12-18-13-15-4-3-11-19-10-2-1-5-17(15)19/h6-9,12,15,17,20H,1-5,10-11,13H2/t15-,17+/m0/s1. The van der Waals surface area contributed by atoms with Crippen molar-refractivity contribution in [3.8, 4) is 5.75 Å². The van der Waals surface area contributed by atoms with Gasteiger partial charge >= 0.3 is 0 Å². The quantitative estimate of drug-likeness (QED) is 0.858. The summed E-state index contributed by atoms with van der Waals surface area (Å²) in [6.07, 6.45) is 8.73. The van der Waals surface area contributed by atoms with Crippen LogP contribution in [0.4, 0.5) is 0 Å². The van der Waals surface area contributed by atoms with Crippen LogP contribution in [0.2, 0.25) is 0 Å². The fraction of sp³-hybridized carbons (Fsp3) is 0.588. The molecule has 0 unspecified atom stereocenters. The van der Waals surface area contributed by atoms with Crippen molar-refractivity contribution >= 4 is 6.21 Å². The summed E-state index contributed by atoms with van der Waals surface area (Å²) in [6.45, 7) is 3.54. The normalized spacial score (nSPS) is 27.6. The number of piperidine rings is 2. The van der Waals surface area contributed by atoms with E-state index in [4.69, 9.17) is 0 Å². The van der Waals surface area contributed by atoms with Gasteiger partial charge in [0.05, 0.1) is 0 Å². The first-order valence-electron chi connectivity index (χ1n) is 7.86. The number of aliphatic imine (C=N–C) groups is 1. The molecule has 0 saturated carbocycles. The zero-order valence-electron chi connectivity index (χ0n) is 12.0. The van der Waals surface area contributed by atoms with E-state index in [-0.39, 0.29) is 0 Å². The molecule has 2 saturated heterocycles. The molecule has 20 heavy (non-hydrogen) atoms. The molecule has 0 bridgehead atoms.